The maximum atomic E-state index is 13.8. The van der Waals surface area contributed by atoms with Gasteiger partial charge in [-0.25, -0.2) is 8.78 Å². The third kappa shape index (κ3) is 3.91. The molecule has 116 valence electrons. The van der Waals surface area contributed by atoms with Crippen molar-refractivity contribution in [3.63, 3.8) is 0 Å². The standard InChI is InChI=1S/C15H19F2NO3/c1-15(2,3)14(19)18-11-8-12(10(17)7-9(11)16)21-13-5-4-6-20-13/h7-8,13H,4-6H2,1-3H3,(H,18,19). The number of carbonyl (C=O) groups is 1. The Morgan fingerprint density at radius 3 is 2.62 bits per heavy atom. The Hall–Kier alpha value is -1.69. The number of ether oxygens (including phenoxy) is 2. The molecule has 0 saturated carbocycles. The average molecular weight is 299 g/mol. The van der Waals surface area contributed by atoms with Crippen LogP contribution >= 0.6 is 0 Å². The van der Waals surface area contributed by atoms with Crippen molar-refractivity contribution in [2.24, 2.45) is 5.41 Å². The van der Waals surface area contributed by atoms with E-state index in [1.165, 1.54) is 0 Å². The summed E-state index contributed by atoms with van der Waals surface area (Å²) in [5.41, 5.74) is -0.791. The van der Waals surface area contributed by atoms with Gasteiger partial charge in [0.05, 0.1) is 12.3 Å². The van der Waals surface area contributed by atoms with Crippen molar-refractivity contribution in [3.05, 3.63) is 23.8 Å². The molecule has 0 radical (unpaired) electrons. The number of benzene rings is 1. The molecule has 1 aromatic carbocycles. The van der Waals surface area contributed by atoms with E-state index < -0.39 is 23.3 Å². The molecular formula is C15H19F2NO3. The van der Waals surface area contributed by atoms with Crippen LogP contribution in [0, 0.1) is 17.0 Å². The fourth-order valence-corrected chi connectivity index (χ4v) is 1.81. The number of rotatable bonds is 3. The van der Waals surface area contributed by atoms with Crippen molar-refractivity contribution < 1.29 is 23.0 Å². The monoisotopic (exact) mass is 299 g/mol. The maximum Gasteiger partial charge on any atom is 0.229 e. The lowest BCUT2D eigenvalue weighted by molar-refractivity contribution is -0.123. The molecule has 1 aliphatic rings. The Morgan fingerprint density at radius 2 is 2.05 bits per heavy atom. The van der Waals surface area contributed by atoms with Crippen LogP contribution in [-0.4, -0.2) is 18.8 Å². The van der Waals surface area contributed by atoms with Gasteiger partial charge >= 0.3 is 0 Å². The Bertz CT molecular complexity index is 534. The zero-order chi connectivity index (χ0) is 15.6. The van der Waals surface area contributed by atoms with Gasteiger partial charge in [0.25, 0.3) is 0 Å². The minimum Gasteiger partial charge on any atom is -0.462 e. The fraction of sp³-hybridized carbons (Fsp3) is 0.533. The Labute approximate surface area is 122 Å². The molecule has 2 rings (SSSR count). The summed E-state index contributed by atoms with van der Waals surface area (Å²) < 4.78 is 38.1. The van der Waals surface area contributed by atoms with E-state index in [1.807, 2.05) is 0 Å². The largest absolute Gasteiger partial charge is 0.462 e. The highest BCUT2D eigenvalue weighted by Crippen LogP contribution is 2.29. The molecule has 1 amide bonds. The lowest BCUT2D eigenvalue weighted by Gasteiger charge is -2.19. The van der Waals surface area contributed by atoms with E-state index in [-0.39, 0.29) is 17.3 Å². The van der Waals surface area contributed by atoms with Crippen molar-refractivity contribution in [1.82, 2.24) is 0 Å². The van der Waals surface area contributed by atoms with Gasteiger partial charge in [-0.2, -0.15) is 0 Å². The van der Waals surface area contributed by atoms with E-state index in [0.29, 0.717) is 19.1 Å². The maximum absolute atomic E-state index is 13.8. The van der Waals surface area contributed by atoms with Crippen molar-refractivity contribution in [1.29, 1.82) is 0 Å². The van der Waals surface area contributed by atoms with Crippen molar-refractivity contribution in [2.75, 3.05) is 11.9 Å². The molecule has 0 aliphatic carbocycles. The van der Waals surface area contributed by atoms with Gasteiger partial charge in [0.1, 0.15) is 5.82 Å². The third-order valence-corrected chi connectivity index (χ3v) is 3.10. The van der Waals surface area contributed by atoms with E-state index >= 15 is 0 Å². The number of anilines is 1. The highest BCUT2D eigenvalue weighted by molar-refractivity contribution is 5.94. The second-order valence-electron chi connectivity index (χ2n) is 6.03. The number of hydrogen-bond acceptors (Lipinski definition) is 3. The van der Waals surface area contributed by atoms with Gasteiger partial charge in [0.15, 0.2) is 17.9 Å². The first-order valence-corrected chi connectivity index (χ1v) is 6.86. The first kappa shape index (κ1) is 15.7. The zero-order valence-corrected chi connectivity index (χ0v) is 12.3. The second kappa shape index (κ2) is 5.97. The highest BCUT2D eigenvalue weighted by Gasteiger charge is 2.24. The second-order valence-corrected chi connectivity index (χ2v) is 6.03. The molecule has 1 unspecified atom stereocenters. The van der Waals surface area contributed by atoms with Crippen LogP contribution in [-0.2, 0) is 9.53 Å². The minimum absolute atomic E-state index is 0.107. The summed E-state index contributed by atoms with van der Waals surface area (Å²) in [5, 5.41) is 2.44. The molecule has 6 heteroatoms. The SMILES string of the molecule is CC(C)(C)C(=O)Nc1cc(OC2CCCO2)c(F)cc1F. The first-order valence-electron chi connectivity index (χ1n) is 6.86. The van der Waals surface area contributed by atoms with Gasteiger partial charge in [-0.15, -0.1) is 0 Å². The molecule has 0 aromatic heterocycles. The molecule has 1 saturated heterocycles. The number of carbonyl (C=O) groups excluding carboxylic acids is 1. The van der Waals surface area contributed by atoms with E-state index in [1.54, 1.807) is 20.8 Å². The predicted octanol–water partition coefficient (Wildman–Crippen LogP) is 3.46. The van der Waals surface area contributed by atoms with E-state index in [4.69, 9.17) is 9.47 Å². The first-order chi connectivity index (χ1) is 9.77. The van der Waals surface area contributed by atoms with Gasteiger partial charge in [-0.1, -0.05) is 20.8 Å². The Morgan fingerprint density at radius 1 is 1.33 bits per heavy atom. The van der Waals surface area contributed by atoms with Crippen LogP contribution in [0.2, 0.25) is 0 Å². The predicted molar refractivity (Wildman–Crippen MR) is 74.0 cm³/mol. The highest BCUT2D eigenvalue weighted by atomic mass is 19.1. The number of halogens is 2. The summed E-state index contributed by atoms with van der Waals surface area (Å²) >= 11 is 0. The number of amides is 1. The molecule has 1 heterocycles. The minimum atomic E-state index is -0.843. The third-order valence-electron chi connectivity index (χ3n) is 3.10. The van der Waals surface area contributed by atoms with Crippen molar-refractivity contribution >= 4 is 11.6 Å². The van der Waals surface area contributed by atoms with Crippen molar-refractivity contribution in [3.8, 4) is 5.75 Å². The molecule has 0 spiro atoms. The van der Waals surface area contributed by atoms with Crippen LogP contribution in [0.15, 0.2) is 12.1 Å². The molecule has 21 heavy (non-hydrogen) atoms. The van der Waals surface area contributed by atoms with Crippen LogP contribution in [0.5, 0.6) is 5.75 Å². The Kier molecular flexibility index (Phi) is 4.46. The quantitative estimate of drug-likeness (QED) is 0.929. The zero-order valence-electron chi connectivity index (χ0n) is 12.3. The van der Waals surface area contributed by atoms with E-state index in [2.05, 4.69) is 5.32 Å². The summed E-state index contributed by atoms with van der Waals surface area (Å²) in [6.45, 7) is 5.66. The fourth-order valence-electron chi connectivity index (χ4n) is 1.81. The van der Waals surface area contributed by atoms with Gasteiger partial charge < -0.3 is 14.8 Å². The summed E-state index contributed by atoms with van der Waals surface area (Å²) in [6.07, 6.45) is 0.956. The molecular weight excluding hydrogens is 280 g/mol. The van der Waals surface area contributed by atoms with Crippen LogP contribution in [0.3, 0.4) is 0 Å². The normalized spacial score (nSPS) is 18.6. The summed E-state index contributed by atoms with van der Waals surface area (Å²) in [4.78, 5) is 11.9. The van der Waals surface area contributed by atoms with Crippen molar-refractivity contribution in [2.45, 2.75) is 39.9 Å². The van der Waals surface area contributed by atoms with Gasteiger partial charge in [-0.05, 0) is 6.42 Å². The summed E-state index contributed by atoms with van der Waals surface area (Å²) in [7, 11) is 0. The molecule has 1 aliphatic heterocycles. The van der Waals surface area contributed by atoms with Crippen LogP contribution in [0.4, 0.5) is 14.5 Å². The Balaban J connectivity index is 2.19. The molecule has 1 aromatic rings. The van der Waals surface area contributed by atoms with Crippen LogP contribution in [0.1, 0.15) is 33.6 Å². The smallest absolute Gasteiger partial charge is 0.229 e. The average Bonchev–Trinajstić information content (AvgIpc) is 2.86. The van der Waals surface area contributed by atoms with Gasteiger partial charge in [0, 0.05) is 24.0 Å². The lowest BCUT2D eigenvalue weighted by Crippen LogP contribution is -2.28. The summed E-state index contributed by atoms with van der Waals surface area (Å²) in [5.74, 6) is -2.16. The lowest BCUT2D eigenvalue weighted by atomic mass is 9.95. The van der Waals surface area contributed by atoms with Crippen LogP contribution in [0.25, 0.3) is 0 Å². The molecule has 4 nitrogen and oxygen atoms in total. The molecule has 1 N–H and O–H groups in total. The number of nitrogens with one attached hydrogen (secondary N) is 1. The van der Waals surface area contributed by atoms with Gasteiger partial charge in [-0.3, -0.25) is 4.79 Å². The number of hydrogen-bond donors (Lipinski definition) is 1. The molecule has 1 atom stereocenters. The molecule has 1 fully saturated rings. The van der Waals surface area contributed by atoms with E-state index in [9.17, 15) is 13.6 Å². The molecule has 0 bridgehead atoms. The van der Waals surface area contributed by atoms with E-state index in [0.717, 1.165) is 12.5 Å². The van der Waals surface area contributed by atoms with Gasteiger partial charge in [0.2, 0.25) is 5.91 Å². The summed E-state index contributed by atoms with van der Waals surface area (Å²) in [6, 6.07) is 1.85. The van der Waals surface area contributed by atoms with Crippen LogP contribution < -0.4 is 10.1 Å². The topological polar surface area (TPSA) is 47.6 Å².